The lowest BCUT2D eigenvalue weighted by Crippen LogP contribution is -2.58. The van der Waals surface area contributed by atoms with Crippen molar-refractivity contribution in [2.45, 2.75) is 18.9 Å². The minimum atomic E-state index is 0.0215. The van der Waals surface area contributed by atoms with Gasteiger partial charge in [-0.3, -0.25) is 14.6 Å². The lowest BCUT2D eigenvalue weighted by molar-refractivity contribution is -0.00762. The van der Waals surface area contributed by atoms with Crippen molar-refractivity contribution >= 4 is 11.6 Å². The summed E-state index contributed by atoms with van der Waals surface area (Å²) in [6, 6.07) is 8.23. The summed E-state index contributed by atoms with van der Waals surface area (Å²) in [6.45, 7) is 4.80. The molecule has 27 heavy (non-hydrogen) atoms. The summed E-state index contributed by atoms with van der Waals surface area (Å²) in [5.41, 5.74) is 1.83. The molecule has 0 saturated carbocycles. The zero-order valence-electron chi connectivity index (χ0n) is 16.8. The summed E-state index contributed by atoms with van der Waals surface area (Å²) in [4.78, 5) is 19.3. The Bertz CT molecular complexity index is 679. The fourth-order valence-electron chi connectivity index (χ4n) is 4.51. The van der Waals surface area contributed by atoms with Crippen molar-refractivity contribution in [1.82, 2.24) is 15.1 Å². The van der Waals surface area contributed by atoms with Crippen LogP contribution in [-0.4, -0.2) is 75.6 Å². The van der Waals surface area contributed by atoms with Crippen molar-refractivity contribution < 1.29 is 4.79 Å². The number of benzene rings is 1. The molecule has 5 nitrogen and oxygen atoms in total. The third-order valence-corrected chi connectivity index (χ3v) is 6.07. The second kappa shape index (κ2) is 8.77. The normalized spacial score (nSPS) is 26.6. The van der Waals surface area contributed by atoms with Crippen LogP contribution < -0.4 is 10.2 Å². The molecule has 4 atom stereocenters. The average molecular weight is 369 g/mol. The zero-order chi connectivity index (χ0) is 19.4. The van der Waals surface area contributed by atoms with Crippen LogP contribution in [0.15, 0.2) is 24.3 Å². The number of terminal acetylenes is 1. The number of nitrogens with zero attached hydrogens (tertiary/aromatic N) is 3. The van der Waals surface area contributed by atoms with E-state index >= 15 is 0 Å². The molecule has 3 heterocycles. The Morgan fingerprint density at radius 3 is 2.63 bits per heavy atom. The summed E-state index contributed by atoms with van der Waals surface area (Å²) >= 11 is 0. The number of hydrogen-bond acceptors (Lipinski definition) is 4. The van der Waals surface area contributed by atoms with E-state index in [4.69, 9.17) is 6.42 Å². The molecule has 3 aliphatic rings. The smallest absolute Gasteiger partial charge is 0.251 e. The van der Waals surface area contributed by atoms with Crippen LogP contribution in [0.2, 0.25) is 0 Å². The van der Waals surface area contributed by atoms with Gasteiger partial charge in [0.1, 0.15) is 0 Å². The van der Waals surface area contributed by atoms with Crippen molar-refractivity contribution in [3.63, 3.8) is 0 Å². The van der Waals surface area contributed by atoms with Gasteiger partial charge in [0, 0.05) is 51.0 Å². The highest BCUT2D eigenvalue weighted by Crippen LogP contribution is 2.36. The molecule has 4 rings (SSSR count). The van der Waals surface area contributed by atoms with E-state index in [2.05, 4.69) is 28.1 Å². The summed E-state index contributed by atoms with van der Waals surface area (Å²) in [5.74, 6) is 4.20. The lowest BCUT2D eigenvalue weighted by atomic mass is 9.75. The number of carbonyl (C=O) groups excluding carboxylic acids is 1. The highest BCUT2D eigenvalue weighted by atomic mass is 16.1. The van der Waals surface area contributed by atoms with E-state index in [1.165, 1.54) is 12.8 Å². The Kier molecular flexibility index (Phi) is 6.41. The standard InChI is InChI=1S/C22H32N4O/c1-5-11-25(4)15-19-16-26-12-10-18(19)13-21(26)14-23-22(27)17-6-8-20(9-7-17)24(2)3/h1,6-9,18-19,21H,10-16H2,2-4H3,(H,23,27)/t18-,19-,21+/m0/s1. The van der Waals surface area contributed by atoms with Crippen LogP contribution in [0, 0.1) is 24.2 Å². The number of nitrogens with one attached hydrogen (secondary N) is 1. The van der Waals surface area contributed by atoms with E-state index in [1.54, 1.807) is 0 Å². The molecule has 1 aromatic rings. The molecule has 1 unspecified atom stereocenters. The van der Waals surface area contributed by atoms with Gasteiger partial charge in [-0.15, -0.1) is 6.42 Å². The second-order valence-corrected chi connectivity index (χ2v) is 8.25. The quantitative estimate of drug-likeness (QED) is 0.745. The number of carbonyl (C=O) groups is 1. The van der Waals surface area contributed by atoms with Crippen molar-refractivity contribution in [2.24, 2.45) is 11.8 Å². The highest BCUT2D eigenvalue weighted by Gasteiger charge is 2.40. The maximum Gasteiger partial charge on any atom is 0.251 e. The van der Waals surface area contributed by atoms with Gasteiger partial charge in [-0.2, -0.15) is 0 Å². The highest BCUT2D eigenvalue weighted by molar-refractivity contribution is 5.94. The van der Waals surface area contributed by atoms with E-state index in [-0.39, 0.29) is 5.91 Å². The first kappa shape index (κ1) is 19.7. The number of piperidine rings is 3. The number of hydrogen-bond donors (Lipinski definition) is 1. The van der Waals surface area contributed by atoms with Crippen molar-refractivity contribution in [1.29, 1.82) is 0 Å². The van der Waals surface area contributed by atoms with Gasteiger partial charge in [-0.25, -0.2) is 0 Å². The molecule has 0 aromatic heterocycles. The predicted molar refractivity (Wildman–Crippen MR) is 111 cm³/mol. The zero-order valence-corrected chi connectivity index (χ0v) is 16.8. The molecule has 1 aromatic carbocycles. The Morgan fingerprint density at radius 1 is 1.30 bits per heavy atom. The van der Waals surface area contributed by atoms with Gasteiger partial charge in [0.05, 0.1) is 6.54 Å². The second-order valence-electron chi connectivity index (χ2n) is 8.25. The van der Waals surface area contributed by atoms with E-state index < -0.39 is 0 Å². The van der Waals surface area contributed by atoms with Crippen LogP contribution >= 0.6 is 0 Å². The summed E-state index contributed by atoms with van der Waals surface area (Å²) < 4.78 is 0. The molecule has 0 radical (unpaired) electrons. The largest absolute Gasteiger partial charge is 0.378 e. The SMILES string of the molecule is C#CCN(C)C[C@H]1CN2CC[C@H]1C[C@@H]2CNC(=O)c1ccc(N(C)C)cc1. The molecule has 3 aliphatic heterocycles. The summed E-state index contributed by atoms with van der Waals surface area (Å²) in [7, 11) is 6.11. The van der Waals surface area contributed by atoms with Crippen LogP contribution in [0.3, 0.4) is 0 Å². The molecule has 2 bridgehead atoms. The van der Waals surface area contributed by atoms with Crippen molar-refractivity contribution in [3.05, 3.63) is 29.8 Å². The third-order valence-electron chi connectivity index (χ3n) is 6.07. The van der Waals surface area contributed by atoms with E-state index in [0.717, 1.165) is 49.9 Å². The van der Waals surface area contributed by atoms with Gasteiger partial charge in [0.15, 0.2) is 0 Å². The molecule has 0 spiro atoms. The van der Waals surface area contributed by atoms with Crippen LogP contribution in [0.5, 0.6) is 0 Å². The van der Waals surface area contributed by atoms with Crippen LogP contribution in [0.4, 0.5) is 5.69 Å². The predicted octanol–water partition coefficient (Wildman–Crippen LogP) is 1.76. The Labute approximate surface area is 163 Å². The minimum absolute atomic E-state index is 0.0215. The van der Waals surface area contributed by atoms with Gasteiger partial charge in [-0.1, -0.05) is 5.92 Å². The molecular weight excluding hydrogens is 336 g/mol. The minimum Gasteiger partial charge on any atom is -0.378 e. The van der Waals surface area contributed by atoms with Crippen LogP contribution in [-0.2, 0) is 0 Å². The molecular formula is C22H32N4O. The number of rotatable bonds is 7. The van der Waals surface area contributed by atoms with E-state index in [1.807, 2.05) is 43.3 Å². The van der Waals surface area contributed by atoms with Crippen LogP contribution in [0.1, 0.15) is 23.2 Å². The number of amides is 1. The Hall–Kier alpha value is -2.03. The first-order valence-electron chi connectivity index (χ1n) is 9.89. The lowest BCUT2D eigenvalue weighted by Gasteiger charge is -2.50. The summed E-state index contributed by atoms with van der Waals surface area (Å²) in [6.07, 6.45) is 7.87. The van der Waals surface area contributed by atoms with Crippen molar-refractivity contribution in [2.75, 3.05) is 58.8 Å². The topological polar surface area (TPSA) is 38.8 Å². The van der Waals surface area contributed by atoms with E-state index in [0.29, 0.717) is 12.0 Å². The monoisotopic (exact) mass is 368 g/mol. The Balaban J connectivity index is 1.50. The Morgan fingerprint density at radius 2 is 2.04 bits per heavy atom. The molecule has 1 amide bonds. The molecule has 3 fully saturated rings. The molecule has 146 valence electrons. The fourth-order valence-corrected chi connectivity index (χ4v) is 4.51. The molecule has 0 aliphatic carbocycles. The van der Waals surface area contributed by atoms with Crippen LogP contribution in [0.25, 0.3) is 0 Å². The third kappa shape index (κ3) is 4.82. The first-order chi connectivity index (χ1) is 13.0. The van der Waals surface area contributed by atoms with Crippen molar-refractivity contribution in [3.8, 4) is 12.3 Å². The number of anilines is 1. The first-order valence-corrected chi connectivity index (χ1v) is 9.89. The molecule has 5 heteroatoms. The maximum atomic E-state index is 12.5. The van der Waals surface area contributed by atoms with Gasteiger partial charge in [-0.05, 0) is 62.5 Å². The van der Waals surface area contributed by atoms with Gasteiger partial charge in [0.25, 0.3) is 5.91 Å². The molecule has 1 N–H and O–H groups in total. The average Bonchev–Trinajstić information content (AvgIpc) is 2.67. The van der Waals surface area contributed by atoms with Gasteiger partial charge >= 0.3 is 0 Å². The van der Waals surface area contributed by atoms with Gasteiger partial charge in [0.2, 0.25) is 0 Å². The van der Waals surface area contributed by atoms with E-state index in [9.17, 15) is 4.79 Å². The van der Waals surface area contributed by atoms with Gasteiger partial charge < -0.3 is 10.2 Å². The molecule has 3 saturated heterocycles. The number of fused-ring (bicyclic) bond motifs is 3. The fraction of sp³-hybridized carbons (Fsp3) is 0.591. The summed E-state index contributed by atoms with van der Waals surface area (Å²) in [5, 5.41) is 3.15. The maximum absolute atomic E-state index is 12.5.